The van der Waals surface area contributed by atoms with Crippen molar-refractivity contribution in [2.24, 2.45) is 4.99 Å². The largest absolute Gasteiger partial charge is 0.321 e. The van der Waals surface area contributed by atoms with E-state index in [1.54, 1.807) is 36.4 Å². The first-order valence-corrected chi connectivity index (χ1v) is 8.28. The molecular formula is C17H17BrClN3O2S. The van der Waals surface area contributed by atoms with Crippen LogP contribution in [0.2, 0.25) is 5.02 Å². The van der Waals surface area contributed by atoms with Crippen LogP contribution in [0.3, 0.4) is 0 Å². The average molecular weight is 443 g/mol. The molecule has 0 saturated heterocycles. The lowest BCUT2D eigenvalue weighted by atomic mass is 10.3. The number of allylic oxidation sites excluding steroid dienone is 1. The van der Waals surface area contributed by atoms with Crippen molar-refractivity contribution in [2.45, 2.75) is 6.54 Å². The van der Waals surface area contributed by atoms with Gasteiger partial charge < -0.3 is 5.32 Å². The fourth-order valence-electron chi connectivity index (χ4n) is 1.90. The van der Waals surface area contributed by atoms with E-state index < -0.39 is 0 Å². The van der Waals surface area contributed by atoms with Crippen molar-refractivity contribution in [3.8, 4) is 0 Å². The summed E-state index contributed by atoms with van der Waals surface area (Å²) in [5, 5.41) is 3.23. The molecule has 2 rings (SSSR count). The Labute approximate surface area is 164 Å². The molecule has 0 fully saturated rings. The maximum Gasteiger partial charge on any atom is 0.266 e. The monoisotopic (exact) mass is 441 g/mol. The molecule has 5 nitrogen and oxygen atoms in total. The van der Waals surface area contributed by atoms with Gasteiger partial charge >= 0.3 is 0 Å². The van der Waals surface area contributed by atoms with Crippen LogP contribution < -0.4 is 15.7 Å². The highest BCUT2D eigenvalue weighted by molar-refractivity contribution is 8.93. The van der Waals surface area contributed by atoms with Gasteiger partial charge in [0.2, 0.25) is 0 Å². The first-order valence-electron chi connectivity index (χ1n) is 7.09. The predicted molar refractivity (Wildman–Crippen MR) is 109 cm³/mol. The topological polar surface area (TPSA) is 63.5 Å². The molecule has 132 valence electrons. The van der Waals surface area contributed by atoms with Crippen LogP contribution in [0.5, 0.6) is 0 Å². The van der Waals surface area contributed by atoms with Gasteiger partial charge in [-0.25, -0.2) is 0 Å². The van der Waals surface area contributed by atoms with E-state index in [9.17, 15) is 9.59 Å². The molecule has 1 N–H and O–H groups in total. The summed E-state index contributed by atoms with van der Waals surface area (Å²) in [6.45, 7) is 7.91. The molecule has 8 heteroatoms. The Morgan fingerprint density at radius 3 is 2.72 bits per heavy atom. The lowest BCUT2D eigenvalue weighted by molar-refractivity contribution is 0.103. The van der Waals surface area contributed by atoms with Crippen molar-refractivity contribution < 1.29 is 4.79 Å². The van der Waals surface area contributed by atoms with Crippen LogP contribution in [0, 0.1) is 0 Å². The van der Waals surface area contributed by atoms with Crippen LogP contribution in [0.15, 0.2) is 65.4 Å². The van der Waals surface area contributed by atoms with Crippen LogP contribution in [0.25, 0.3) is 0 Å². The normalized spacial score (nSPS) is 10.7. The number of nitrogens with one attached hydrogen (secondary N) is 1. The third-order valence-corrected chi connectivity index (χ3v) is 4.22. The van der Waals surface area contributed by atoms with Gasteiger partial charge in [0.05, 0.1) is 6.54 Å². The van der Waals surface area contributed by atoms with E-state index in [1.165, 1.54) is 10.6 Å². The van der Waals surface area contributed by atoms with Gasteiger partial charge in [0.1, 0.15) is 4.88 Å². The third kappa shape index (κ3) is 5.81. The Kier molecular flexibility index (Phi) is 8.54. The van der Waals surface area contributed by atoms with Crippen molar-refractivity contribution in [3.63, 3.8) is 0 Å². The number of amides is 1. The molecule has 1 aromatic heterocycles. The molecule has 0 radical (unpaired) electrons. The maximum absolute atomic E-state index is 12.4. The second kappa shape index (κ2) is 10.1. The summed E-state index contributed by atoms with van der Waals surface area (Å²) in [6.07, 6.45) is 3.22. The standard InChI is InChI=1S/C17H16ClN3O2S.BrH/c1-3-8-19-17-21(9-4-2)15(22)11-14(24-17)16(23)20-13-7-5-6-12(18)10-13;/h3-7,10-11H,1-2,8-9H2,(H,20,23);1H. The third-order valence-electron chi connectivity index (χ3n) is 2.93. The second-order valence-corrected chi connectivity index (χ2v) is 6.17. The number of carbonyl (C=O) groups excluding carboxylic acids is 1. The predicted octanol–water partition coefficient (Wildman–Crippen LogP) is 3.67. The number of carbonyl (C=O) groups is 1. The number of hydrogen-bond donors (Lipinski definition) is 1. The quantitative estimate of drug-likeness (QED) is 0.694. The number of benzene rings is 1. The van der Waals surface area contributed by atoms with Gasteiger partial charge in [-0.1, -0.05) is 41.2 Å². The van der Waals surface area contributed by atoms with E-state index >= 15 is 0 Å². The van der Waals surface area contributed by atoms with Crippen LogP contribution in [0.1, 0.15) is 9.67 Å². The minimum Gasteiger partial charge on any atom is -0.321 e. The first-order chi connectivity index (χ1) is 11.5. The molecule has 0 spiro atoms. The highest BCUT2D eigenvalue weighted by atomic mass is 79.9. The number of anilines is 1. The van der Waals surface area contributed by atoms with Gasteiger partial charge in [-0.15, -0.1) is 30.1 Å². The first kappa shape index (κ1) is 21.1. The molecule has 25 heavy (non-hydrogen) atoms. The minimum atomic E-state index is -0.389. The van der Waals surface area contributed by atoms with E-state index in [4.69, 9.17) is 11.6 Å². The summed E-state index contributed by atoms with van der Waals surface area (Å²) < 4.78 is 1.46. The maximum atomic E-state index is 12.4. The van der Waals surface area contributed by atoms with Gasteiger partial charge in [-0.3, -0.25) is 19.1 Å². The van der Waals surface area contributed by atoms with Crippen molar-refractivity contribution in [3.05, 3.63) is 80.7 Å². The molecule has 0 aliphatic heterocycles. The van der Waals surface area contributed by atoms with Crippen molar-refractivity contribution >= 4 is 51.5 Å². The smallest absolute Gasteiger partial charge is 0.266 e. The lowest BCUT2D eigenvalue weighted by Gasteiger charge is -2.07. The van der Waals surface area contributed by atoms with Crippen molar-refractivity contribution in [1.82, 2.24) is 4.57 Å². The van der Waals surface area contributed by atoms with Crippen LogP contribution in [-0.2, 0) is 6.54 Å². The SMILES string of the molecule is Br.C=CCN=c1sc(C(=O)Nc2cccc(Cl)c2)cc(=O)n1CC=C. The number of halogens is 2. The van der Waals surface area contributed by atoms with Gasteiger partial charge in [0.25, 0.3) is 11.5 Å². The van der Waals surface area contributed by atoms with Crippen LogP contribution in [-0.4, -0.2) is 17.0 Å². The van der Waals surface area contributed by atoms with Gasteiger partial charge in [-0.2, -0.15) is 0 Å². The molecular weight excluding hydrogens is 426 g/mol. The Morgan fingerprint density at radius 1 is 1.32 bits per heavy atom. The summed E-state index contributed by atoms with van der Waals surface area (Å²) >= 11 is 7.03. The average Bonchev–Trinajstić information content (AvgIpc) is 2.55. The van der Waals surface area contributed by atoms with E-state index in [-0.39, 0.29) is 33.3 Å². The summed E-state index contributed by atoms with van der Waals surface area (Å²) in [5.41, 5.74) is 0.243. The zero-order valence-corrected chi connectivity index (χ0v) is 16.6. The molecule has 1 amide bonds. The molecule has 0 unspecified atom stereocenters. The fraction of sp³-hybridized carbons (Fsp3) is 0.118. The number of rotatable bonds is 6. The van der Waals surface area contributed by atoms with Crippen molar-refractivity contribution in [2.75, 3.05) is 11.9 Å². The molecule has 0 atom stereocenters. The molecule has 0 aliphatic rings. The van der Waals surface area contributed by atoms with Gasteiger partial charge in [0.15, 0.2) is 4.80 Å². The number of aromatic nitrogens is 1. The van der Waals surface area contributed by atoms with Crippen LogP contribution >= 0.6 is 39.9 Å². The summed E-state index contributed by atoms with van der Waals surface area (Å²) in [6, 6.07) is 8.08. The van der Waals surface area contributed by atoms with E-state index in [0.717, 1.165) is 11.3 Å². The molecule has 1 aromatic carbocycles. The Balaban J connectivity index is 0.00000312. The molecule has 0 aliphatic carbocycles. The zero-order valence-electron chi connectivity index (χ0n) is 13.3. The Bertz CT molecular complexity index is 905. The summed E-state index contributed by atoms with van der Waals surface area (Å²) in [5.74, 6) is -0.389. The minimum absolute atomic E-state index is 0. The fourth-order valence-corrected chi connectivity index (χ4v) is 3.00. The second-order valence-electron chi connectivity index (χ2n) is 4.72. The molecule has 2 aromatic rings. The van der Waals surface area contributed by atoms with Gasteiger partial charge in [-0.05, 0) is 18.2 Å². The number of hydrogen-bond acceptors (Lipinski definition) is 4. The zero-order chi connectivity index (χ0) is 17.5. The van der Waals surface area contributed by atoms with Crippen LogP contribution in [0.4, 0.5) is 5.69 Å². The lowest BCUT2D eigenvalue weighted by Crippen LogP contribution is -2.32. The highest BCUT2D eigenvalue weighted by Gasteiger charge is 2.11. The van der Waals surface area contributed by atoms with E-state index in [2.05, 4.69) is 23.5 Å². The Morgan fingerprint density at radius 2 is 2.08 bits per heavy atom. The Hall–Kier alpha value is -1.96. The van der Waals surface area contributed by atoms with E-state index in [1.807, 2.05) is 0 Å². The van der Waals surface area contributed by atoms with Crippen molar-refractivity contribution in [1.29, 1.82) is 0 Å². The van der Waals surface area contributed by atoms with E-state index in [0.29, 0.717) is 28.6 Å². The summed E-state index contributed by atoms with van der Waals surface area (Å²) in [7, 11) is 0. The summed E-state index contributed by atoms with van der Waals surface area (Å²) in [4.78, 5) is 29.7. The number of nitrogens with zero attached hydrogens (tertiary/aromatic N) is 2. The van der Waals surface area contributed by atoms with Gasteiger partial charge in [0, 0.05) is 23.3 Å². The highest BCUT2D eigenvalue weighted by Crippen LogP contribution is 2.16. The molecule has 0 bridgehead atoms. The molecule has 0 saturated carbocycles. The molecule has 1 heterocycles.